The van der Waals surface area contributed by atoms with Gasteiger partial charge in [0.25, 0.3) is 0 Å². The van der Waals surface area contributed by atoms with Crippen LogP contribution in [-0.4, -0.2) is 20.8 Å². The average Bonchev–Trinajstić information content (AvgIpc) is 2.42. The Hall–Kier alpha value is -1.65. The maximum atomic E-state index is 13.5. The number of halogens is 1. The molecule has 21 heavy (non-hydrogen) atoms. The molecule has 0 aromatic heterocycles. The fourth-order valence-corrected chi connectivity index (χ4v) is 3.44. The van der Waals surface area contributed by atoms with Gasteiger partial charge in [-0.15, -0.1) is 0 Å². The number of rotatable bonds is 7. The third-order valence-electron chi connectivity index (χ3n) is 3.63. The van der Waals surface area contributed by atoms with Crippen molar-refractivity contribution in [1.29, 1.82) is 5.26 Å². The molecule has 0 spiro atoms. The summed E-state index contributed by atoms with van der Waals surface area (Å²) in [6.07, 6.45) is 1.08. The van der Waals surface area contributed by atoms with E-state index in [-0.39, 0.29) is 23.7 Å². The maximum Gasteiger partial charge on any atom is 0.209 e. The Morgan fingerprint density at radius 1 is 1.38 bits per heavy atom. The van der Waals surface area contributed by atoms with Gasteiger partial charge in [0, 0.05) is 5.41 Å². The third-order valence-corrected chi connectivity index (χ3v) is 4.64. The lowest BCUT2D eigenvalue weighted by Crippen LogP contribution is -2.37. The van der Waals surface area contributed by atoms with E-state index in [2.05, 4.69) is 0 Å². The molecule has 7 heteroatoms. The normalized spacial score (nSPS) is 12.0. The second-order valence-corrected chi connectivity index (χ2v) is 6.64. The van der Waals surface area contributed by atoms with Gasteiger partial charge in [0.05, 0.1) is 12.4 Å². The lowest BCUT2D eigenvalue weighted by atomic mass is 9.85. The van der Waals surface area contributed by atoms with Gasteiger partial charge in [-0.1, -0.05) is 19.9 Å². The maximum absolute atomic E-state index is 13.5. The van der Waals surface area contributed by atoms with Gasteiger partial charge in [0.2, 0.25) is 10.0 Å². The summed E-state index contributed by atoms with van der Waals surface area (Å²) in [5.41, 5.74) is -0.846. The number of benzene rings is 1. The number of nitrogens with zero attached hydrogens (tertiary/aromatic N) is 1. The van der Waals surface area contributed by atoms with Crippen molar-refractivity contribution in [2.75, 3.05) is 12.4 Å². The van der Waals surface area contributed by atoms with Crippen molar-refractivity contribution in [2.45, 2.75) is 26.7 Å². The smallest absolute Gasteiger partial charge is 0.209 e. The Balaban J connectivity index is 2.98. The van der Waals surface area contributed by atoms with Crippen molar-refractivity contribution < 1.29 is 17.5 Å². The van der Waals surface area contributed by atoms with Crippen molar-refractivity contribution in [3.8, 4) is 11.8 Å². The molecule has 1 rings (SSSR count). The Morgan fingerprint density at radius 3 is 2.48 bits per heavy atom. The van der Waals surface area contributed by atoms with Crippen LogP contribution in [0.3, 0.4) is 0 Å². The summed E-state index contributed by atoms with van der Waals surface area (Å²) in [6.45, 7) is 3.73. The number of hydrogen-bond donors (Lipinski definition) is 1. The van der Waals surface area contributed by atoms with Gasteiger partial charge in [0.15, 0.2) is 0 Å². The van der Waals surface area contributed by atoms with Crippen LogP contribution in [0.15, 0.2) is 18.2 Å². The summed E-state index contributed by atoms with van der Waals surface area (Å²) in [6, 6.07) is 5.83. The van der Waals surface area contributed by atoms with Crippen LogP contribution in [0.1, 0.15) is 32.3 Å². The topological polar surface area (TPSA) is 93.2 Å². The van der Waals surface area contributed by atoms with Crippen LogP contribution in [0.2, 0.25) is 0 Å². The summed E-state index contributed by atoms with van der Waals surface area (Å²) < 4.78 is 41.7. The molecule has 0 bridgehead atoms. The molecular formula is C14H19FN2O3S. The molecule has 0 heterocycles. The van der Waals surface area contributed by atoms with Gasteiger partial charge >= 0.3 is 0 Å². The Labute approximate surface area is 124 Å². The lowest BCUT2D eigenvalue weighted by Gasteiger charge is -2.30. The monoisotopic (exact) mass is 314 g/mol. The van der Waals surface area contributed by atoms with Gasteiger partial charge in [-0.3, -0.25) is 0 Å². The molecule has 0 fully saturated rings. The minimum absolute atomic E-state index is 0.0502. The van der Waals surface area contributed by atoms with Crippen LogP contribution >= 0.6 is 0 Å². The molecule has 0 amide bonds. The molecule has 2 N–H and O–H groups in total. The van der Waals surface area contributed by atoms with E-state index in [4.69, 9.17) is 15.1 Å². The fraction of sp³-hybridized carbons (Fsp3) is 0.500. The number of ether oxygens (including phenoxy) is 1. The van der Waals surface area contributed by atoms with E-state index in [0.29, 0.717) is 12.8 Å². The van der Waals surface area contributed by atoms with Gasteiger partial charge in [-0.2, -0.15) is 5.26 Å². The number of hydrogen-bond acceptors (Lipinski definition) is 4. The third kappa shape index (κ3) is 4.69. The van der Waals surface area contributed by atoms with E-state index in [1.165, 1.54) is 18.2 Å². The molecule has 116 valence electrons. The minimum Gasteiger partial charge on any atom is -0.491 e. The van der Waals surface area contributed by atoms with Crippen LogP contribution in [0.5, 0.6) is 5.75 Å². The molecule has 0 unspecified atom stereocenters. The van der Waals surface area contributed by atoms with Crippen LogP contribution in [0.25, 0.3) is 0 Å². The number of nitrogens with two attached hydrogens (primary N) is 1. The highest BCUT2D eigenvalue weighted by molar-refractivity contribution is 7.89. The molecule has 0 saturated heterocycles. The summed E-state index contributed by atoms with van der Waals surface area (Å²) >= 11 is 0. The van der Waals surface area contributed by atoms with E-state index >= 15 is 0 Å². The van der Waals surface area contributed by atoms with Crippen LogP contribution in [0, 0.1) is 22.6 Å². The molecular weight excluding hydrogens is 295 g/mol. The van der Waals surface area contributed by atoms with Gasteiger partial charge in [-0.25, -0.2) is 17.9 Å². The molecule has 1 aromatic carbocycles. The SMILES string of the molecule is CCC(CC)(COc1cccc(F)c1C#N)CS(N)(=O)=O. The molecule has 1 aromatic rings. The first-order valence-corrected chi connectivity index (χ1v) is 8.30. The highest BCUT2D eigenvalue weighted by atomic mass is 32.2. The van der Waals surface area contributed by atoms with Crippen molar-refractivity contribution in [3.05, 3.63) is 29.6 Å². The second-order valence-electron chi connectivity index (χ2n) is 5.03. The predicted molar refractivity (Wildman–Crippen MR) is 77.6 cm³/mol. The molecule has 5 nitrogen and oxygen atoms in total. The highest BCUT2D eigenvalue weighted by Gasteiger charge is 2.32. The zero-order chi connectivity index (χ0) is 16.1. The number of primary sulfonamides is 1. The van der Waals surface area contributed by atoms with Gasteiger partial charge in [-0.05, 0) is 25.0 Å². The van der Waals surface area contributed by atoms with Gasteiger partial charge in [0.1, 0.15) is 23.2 Å². The summed E-state index contributed by atoms with van der Waals surface area (Å²) in [4.78, 5) is 0. The first-order valence-electron chi connectivity index (χ1n) is 6.59. The fourth-order valence-electron chi connectivity index (χ4n) is 2.09. The van der Waals surface area contributed by atoms with Gasteiger partial charge < -0.3 is 4.74 Å². The second kappa shape index (κ2) is 6.87. The Kier molecular flexibility index (Phi) is 5.70. The van der Waals surface area contributed by atoms with Crippen LogP contribution < -0.4 is 9.88 Å². The van der Waals surface area contributed by atoms with E-state index in [1.54, 1.807) is 6.07 Å². The molecule has 0 atom stereocenters. The molecule has 0 aliphatic carbocycles. The first kappa shape index (κ1) is 17.4. The Bertz CT molecular complexity index is 634. The molecule has 0 radical (unpaired) electrons. The first-order chi connectivity index (χ1) is 9.77. The standard InChI is InChI=1S/C14H19FN2O3S/c1-3-14(4-2,10-21(17,18)19)9-20-13-7-5-6-12(15)11(13)8-16/h5-7H,3-4,9-10H2,1-2H3,(H2,17,18,19). The summed E-state index contributed by atoms with van der Waals surface area (Å²) in [5.74, 6) is -0.775. The average molecular weight is 314 g/mol. The van der Waals surface area contributed by atoms with Crippen molar-refractivity contribution in [3.63, 3.8) is 0 Å². The number of nitriles is 1. The zero-order valence-electron chi connectivity index (χ0n) is 12.1. The molecule has 0 saturated carbocycles. The van der Waals surface area contributed by atoms with E-state index in [0.717, 1.165) is 0 Å². The van der Waals surface area contributed by atoms with Crippen molar-refractivity contribution in [1.82, 2.24) is 0 Å². The van der Waals surface area contributed by atoms with Crippen LogP contribution in [0.4, 0.5) is 4.39 Å². The molecule has 0 aliphatic heterocycles. The summed E-state index contributed by atoms with van der Waals surface area (Å²) in [5, 5.41) is 14.1. The van der Waals surface area contributed by atoms with Crippen molar-refractivity contribution >= 4 is 10.0 Å². The minimum atomic E-state index is -3.65. The largest absolute Gasteiger partial charge is 0.491 e. The predicted octanol–water partition coefficient (Wildman–Crippen LogP) is 2.17. The quantitative estimate of drug-likeness (QED) is 0.834. The molecule has 0 aliphatic rings. The Morgan fingerprint density at radius 2 is 2.00 bits per heavy atom. The van der Waals surface area contributed by atoms with E-state index in [9.17, 15) is 12.8 Å². The number of sulfonamides is 1. The zero-order valence-corrected chi connectivity index (χ0v) is 12.9. The van der Waals surface area contributed by atoms with Crippen LogP contribution in [-0.2, 0) is 10.0 Å². The van der Waals surface area contributed by atoms with E-state index in [1.807, 2.05) is 13.8 Å². The highest BCUT2D eigenvalue weighted by Crippen LogP contribution is 2.30. The van der Waals surface area contributed by atoms with E-state index < -0.39 is 21.3 Å². The van der Waals surface area contributed by atoms with Crippen molar-refractivity contribution in [2.24, 2.45) is 10.6 Å². The lowest BCUT2D eigenvalue weighted by molar-refractivity contribution is 0.153. The summed E-state index contributed by atoms with van der Waals surface area (Å²) in [7, 11) is -3.65.